The first kappa shape index (κ1) is 17.1. The molecule has 2 aromatic rings. The fourth-order valence-corrected chi connectivity index (χ4v) is 2.67. The Hall–Kier alpha value is -2.29. The van der Waals surface area contributed by atoms with Crippen molar-refractivity contribution in [3.8, 4) is 5.75 Å². The number of ether oxygens (including phenoxy) is 1. The summed E-state index contributed by atoms with van der Waals surface area (Å²) < 4.78 is 5.18. The van der Waals surface area contributed by atoms with Gasteiger partial charge in [0, 0.05) is 0 Å². The Morgan fingerprint density at radius 3 is 2.43 bits per heavy atom. The van der Waals surface area contributed by atoms with Crippen LogP contribution in [0.2, 0.25) is 0 Å². The van der Waals surface area contributed by atoms with Crippen LogP contribution in [0.5, 0.6) is 5.75 Å². The Balaban J connectivity index is 2.05. The Morgan fingerprint density at radius 1 is 1.13 bits per heavy atom. The van der Waals surface area contributed by atoms with Crippen LogP contribution in [0.1, 0.15) is 41.6 Å². The van der Waals surface area contributed by atoms with Crippen LogP contribution in [0.4, 0.5) is 0 Å². The lowest BCUT2D eigenvalue weighted by Gasteiger charge is -2.18. The van der Waals surface area contributed by atoms with Crippen LogP contribution in [-0.4, -0.2) is 13.0 Å². The third-order valence-electron chi connectivity index (χ3n) is 4.12. The maximum absolute atomic E-state index is 12.4. The second kappa shape index (κ2) is 7.82. The summed E-state index contributed by atoms with van der Waals surface area (Å²) in [4.78, 5) is 12.4. The molecule has 0 heterocycles. The largest absolute Gasteiger partial charge is 0.497 e. The van der Waals surface area contributed by atoms with E-state index in [-0.39, 0.29) is 11.9 Å². The van der Waals surface area contributed by atoms with Crippen molar-refractivity contribution in [2.24, 2.45) is 0 Å². The summed E-state index contributed by atoms with van der Waals surface area (Å²) in [6, 6.07) is 14.1. The molecule has 0 radical (unpaired) electrons. The van der Waals surface area contributed by atoms with E-state index < -0.39 is 0 Å². The molecular weight excluding hydrogens is 286 g/mol. The molecule has 0 aliphatic heterocycles. The minimum Gasteiger partial charge on any atom is -0.497 e. The molecular formula is C20H25NO2. The number of benzene rings is 2. The smallest absolute Gasteiger partial charge is 0.224 e. The molecule has 122 valence electrons. The van der Waals surface area contributed by atoms with Crippen LogP contribution in [0.25, 0.3) is 0 Å². The summed E-state index contributed by atoms with van der Waals surface area (Å²) in [5.74, 6) is 0.881. The second-order valence-corrected chi connectivity index (χ2v) is 5.91. The average molecular weight is 311 g/mol. The fraction of sp³-hybridized carbons (Fsp3) is 0.350. The van der Waals surface area contributed by atoms with E-state index >= 15 is 0 Å². The third-order valence-corrected chi connectivity index (χ3v) is 4.12. The molecule has 3 heteroatoms. The van der Waals surface area contributed by atoms with Gasteiger partial charge in [-0.25, -0.2) is 0 Å². The van der Waals surface area contributed by atoms with Crippen molar-refractivity contribution in [2.45, 2.75) is 39.7 Å². The van der Waals surface area contributed by atoms with Crippen molar-refractivity contribution in [3.63, 3.8) is 0 Å². The van der Waals surface area contributed by atoms with Crippen LogP contribution in [-0.2, 0) is 11.2 Å². The first-order chi connectivity index (χ1) is 11.0. The van der Waals surface area contributed by atoms with Gasteiger partial charge in [-0.3, -0.25) is 4.79 Å². The lowest BCUT2D eigenvalue weighted by molar-refractivity contribution is -0.121. The maximum atomic E-state index is 12.4. The van der Waals surface area contributed by atoms with Crippen LogP contribution >= 0.6 is 0 Å². The molecule has 2 rings (SSSR count). The number of rotatable bonds is 6. The van der Waals surface area contributed by atoms with E-state index in [1.54, 1.807) is 7.11 Å². The van der Waals surface area contributed by atoms with Gasteiger partial charge in [-0.05, 0) is 49.1 Å². The van der Waals surface area contributed by atoms with Gasteiger partial charge in [0.2, 0.25) is 5.91 Å². The summed E-state index contributed by atoms with van der Waals surface area (Å²) in [5, 5.41) is 3.14. The summed E-state index contributed by atoms with van der Waals surface area (Å²) in [6.45, 7) is 6.17. The van der Waals surface area contributed by atoms with Gasteiger partial charge in [0.05, 0.1) is 19.6 Å². The highest BCUT2D eigenvalue weighted by Gasteiger charge is 2.14. The lowest BCUT2D eigenvalue weighted by Crippen LogP contribution is -2.29. The third kappa shape index (κ3) is 4.59. The molecule has 23 heavy (non-hydrogen) atoms. The standard InChI is InChI=1S/C20H25NO2/c1-5-19(16-8-10-18(23-4)11-9-16)21-20(22)13-17-12-14(2)6-7-15(17)3/h6-12,19H,5,13H2,1-4H3,(H,21,22). The predicted molar refractivity (Wildman–Crippen MR) is 93.8 cm³/mol. The normalized spacial score (nSPS) is 11.8. The SMILES string of the molecule is CCC(NC(=O)Cc1cc(C)ccc1C)c1ccc(OC)cc1. The lowest BCUT2D eigenvalue weighted by atomic mass is 10.0. The Kier molecular flexibility index (Phi) is 5.80. The molecule has 2 aromatic carbocycles. The van der Waals surface area contributed by atoms with Crippen molar-refractivity contribution in [1.29, 1.82) is 0 Å². The van der Waals surface area contributed by atoms with E-state index in [2.05, 4.69) is 30.4 Å². The van der Waals surface area contributed by atoms with Gasteiger partial charge in [0.25, 0.3) is 0 Å². The molecule has 0 aliphatic carbocycles. The van der Waals surface area contributed by atoms with Crippen LogP contribution in [0.15, 0.2) is 42.5 Å². The minimum atomic E-state index is 0.0264. The number of carbonyl (C=O) groups is 1. The van der Waals surface area contributed by atoms with Crippen molar-refractivity contribution in [2.75, 3.05) is 7.11 Å². The monoisotopic (exact) mass is 311 g/mol. The highest BCUT2D eigenvalue weighted by Crippen LogP contribution is 2.20. The van der Waals surface area contributed by atoms with Gasteiger partial charge in [-0.1, -0.05) is 42.8 Å². The summed E-state index contributed by atoms with van der Waals surface area (Å²) in [7, 11) is 1.65. The summed E-state index contributed by atoms with van der Waals surface area (Å²) in [6.07, 6.45) is 1.27. The molecule has 0 saturated carbocycles. The van der Waals surface area contributed by atoms with Gasteiger partial charge in [-0.2, -0.15) is 0 Å². The van der Waals surface area contributed by atoms with Crippen molar-refractivity contribution < 1.29 is 9.53 Å². The first-order valence-electron chi connectivity index (χ1n) is 8.03. The Bertz CT molecular complexity index is 662. The number of amides is 1. The predicted octanol–water partition coefficient (Wildman–Crippen LogP) is 4.12. The van der Waals surface area contributed by atoms with Gasteiger partial charge in [0.15, 0.2) is 0 Å². The highest BCUT2D eigenvalue weighted by atomic mass is 16.5. The zero-order valence-corrected chi connectivity index (χ0v) is 14.3. The summed E-state index contributed by atoms with van der Waals surface area (Å²) >= 11 is 0. The van der Waals surface area contributed by atoms with E-state index in [1.807, 2.05) is 38.1 Å². The Morgan fingerprint density at radius 2 is 1.83 bits per heavy atom. The van der Waals surface area contributed by atoms with Crippen LogP contribution < -0.4 is 10.1 Å². The number of aryl methyl sites for hydroxylation is 2. The van der Waals surface area contributed by atoms with Gasteiger partial charge < -0.3 is 10.1 Å². The van der Waals surface area contributed by atoms with Crippen molar-refractivity contribution >= 4 is 5.91 Å². The number of hydrogen-bond donors (Lipinski definition) is 1. The van der Waals surface area contributed by atoms with Crippen LogP contribution in [0, 0.1) is 13.8 Å². The zero-order valence-electron chi connectivity index (χ0n) is 14.3. The first-order valence-corrected chi connectivity index (χ1v) is 8.03. The highest BCUT2D eigenvalue weighted by molar-refractivity contribution is 5.79. The van der Waals surface area contributed by atoms with Gasteiger partial charge in [0.1, 0.15) is 5.75 Å². The number of carbonyl (C=O) groups excluding carboxylic acids is 1. The molecule has 0 fully saturated rings. The van der Waals surface area contributed by atoms with Crippen molar-refractivity contribution in [1.82, 2.24) is 5.32 Å². The van der Waals surface area contributed by atoms with Crippen LogP contribution in [0.3, 0.4) is 0 Å². The van der Waals surface area contributed by atoms with E-state index in [0.29, 0.717) is 6.42 Å². The maximum Gasteiger partial charge on any atom is 0.224 e. The molecule has 0 saturated heterocycles. The molecule has 1 atom stereocenters. The number of hydrogen-bond acceptors (Lipinski definition) is 2. The zero-order chi connectivity index (χ0) is 16.8. The van der Waals surface area contributed by atoms with E-state index in [0.717, 1.165) is 28.9 Å². The summed E-state index contributed by atoms with van der Waals surface area (Å²) in [5.41, 5.74) is 4.53. The molecule has 0 aliphatic rings. The topological polar surface area (TPSA) is 38.3 Å². The van der Waals surface area contributed by atoms with Crippen molar-refractivity contribution in [3.05, 3.63) is 64.7 Å². The van der Waals surface area contributed by atoms with Gasteiger partial charge in [-0.15, -0.1) is 0 Å². The Labute approximate surface area is 138 Å². The number of methoxy groups -OCH3 is 1. The number of nitrogens with one attached hydrogen (secondary N) is 1. The fourth-order valence-electron chi connectivity index (χ4n) is 2.67. The molecule has 1 N–H and O–H groups in total. The average Bonchev–Trinajstić information content (AvgIpc) is 2.56. The second-order valence-electron chi connectivity index (χ2n) is 5.91. The molecule has 3 nitrogen and oxygen atoms in total. The molecule has 1 amide bonds. The van der Waals surface area contributed by atoms with E-state index in [1.165, 1.54) is 5.56 Å². The molecule has 0 aromatic heterocycles. The van der Waals surface area contributed by atoms with E-state index in [4.69, 9.17) is 4.74 Å². The minimum absolute atomic E-state index is 0.0264. The molecule has 0 bridgehead atoms. The van der Waals surface area contributed by atoms with Gasteiger partial charge >= 0.3 is 0 Å². The van der Waals surface area contributed by atoms with E-state index in [9.17, 15) is 4.79 Å². The molecule has 0 spiro atoms. The molecule has 1 unspecified atom stereocenters. The quantitative estimate of drug-likeness (QED) is 0.871.